The van der Waals surface area contributed by atoms with Crippen LogP contribution in [0.15, 0.2) is 30.3 Å². The highest BCUT2D eigenvalue weighted by atomic mass is 16.6. The number of hydrogen-bond donors (Lipinski definition) is 1. The van der Waals surface area contributed by atoms with Gasteiger partial charge in [0.15, 0.2) is 0 Å². The third kappa shape index (κ3) is 5.16. The van der Waals surface area contributed by atoms with Gasteiger partial charge in [-0.25, -0.2) is 9.59 Å². The minimum absolute atomic E-state index is 0.0462. The number of aliphatic hydroxyl groups is 1. The van der Waals surface area contributed by atoms with Crippen molar-refractivity contribution < 1.29 is 24.2 Å². The molecule has 1 aromatic rings. The number of amides is 2. The van der Waals surface area contributed by atoms with Crippen molar-refractivity contribution in [1.82, 2.24) is 9.80 Å². The molecule has 1 aromatic carbocycles. The van der Waals surface area contributed by atoms with E-state index in [1.807, 2.05) is 51.1 Å². The van der Waals surface area contributed by atoms with Crippen LogP contribution in [0.1, 0.15) is 45.6 Å². The molecule has 0 unspecified atom stereocenters. The molecule has 1 aliphatic carbocycles. The lowest BCUT2D eigenvalue weighted by Gasteiger charge is -2.43. The normalized spacial score (nSPS) is 24.4. The number of aliphatic hydroxyl groups excluding tert-OH is 1. The predicted octanol–water partition coefficient (Wildman–Crippen LogP) is 3.16. The summed E-state index contributed by atoms with van der Waals surface area (Å²) in [5, 5.41) is 9.68. The molecule has 1 N–H and O–H groups in total. The number of benzene rings is 1. The van der Waals surface area contributed by atoms with Crippen LogP contribution in [0.5, 0.6) is 0 Å². The van der Waals surface area contributed by atoms with E-state index in [2.05, 4.69) is 0 Å². The summed E-state index contributed by atoms with van der Waals surface area (Å²) in [6.45, 7) is 6.68. The van der Waals surface area contributed by atoms with Crippen molar-refractivity contribution in [2.45, 2.75) is 70.4 Å². The smallest absolute Gasteiger partial charge is 0.410 e. The van der Waals surface area contributed by atoms with Crippen LogP contribution in [0, 0.1) is 0 Å². The van der Waals surface area contributed by atoms with Gasteiger partial charge in [0.05, 0.1) is 12.1 Å². The summed E-state index contributed by atoms with van der Waals surface area (Å²) in [4.78, 5) is 28.5. The lowest BCUT2D eigenvalue weighted by molar-refractivity contribution is -0.0367. The number of ether oxygens (including phenoxy) is 2. The second kappa shape index (κ2) is 8.39. The Morgan fingerprint density at radius 2 is 1.86 bits per heavy atom. The van der Waals surface area contributed by atoms with Crippen LogP contribution < -0.4 is 0 Å². The van der Waals surface area contributed by atoms with E-state index >= 15 is 0 Å². The quantitative estimate of drug-likeness (QED) is 0.854. The van der Waals surface area contributed by atoms with Crippen LogP contribution in [0.2, 0.25) is 0 Å². The lowest BCUT2D eigenvalue weighted by atomic mass is 9.87. The zero-order chi connectivity index (χ0) is 20.3. The van der Waals surface area contributed by atoms with Crippen molar-refractivity contribution in [2.75, 3.05) is 13.1 Å². The molecule has 1 aliphatic heterocycles. The minimum atomic E-state index is -0.593. The second-order valence-electron chi connectivity index (χ2n) is 8.60. The Labute approximate surface area is 166 Å². The SMILES string of the molecule is CC(C)(C)OC(=O)N(C1CC(O)C1)[C@H]1CCN(C(=O)OCc2ccccc2)C1. The zero-order valence-electron chi connectivity index (χ0n) is 16.8. The van der Waals surface area contributed by atoms with Crippen LogP contribution in [-0.2, 0) is 16.1 Å². The highest BCUT2D eigenvalue weighted by Gasteiger charge is 2.43. The molecule has 1 saturated heterocycles. The van der Waals surface area contributed by atoms with Gasteiger partial charge in [-0.15, -0.1) is 0 Å². The second-order valence-corrected chi connectivity index (χ2v) is 8.60. The molecule has 2 aliphatic rings. The maximum Gasteiger partial charge on any atom is 0.410 e. The molecule has 154 valence electrons. The third-order valence-electron chi connectivity index (χ3n) is 5.11. The van der Waals surface area contributed by atoms with E-state index in [4.69, 9.17) is 9.47 Å². The van der Waals surface area contributed by atoms with Gasteiger partial charge < -0.3 is 24.4 Å². The Hall–Kier alpha value is -2.28. The predicted molar refractivity (Wildman–Crippen MR) is 104 cm³/mol. The molecule has 0 bridgehead atoms. The average molecular weight is 390 g/mol. The number of nitrogens with zero attached hydrogens (tertiary/aromatic N) is 2. The number of carbonyl (C=O) groups is 2. The van der Waals surface area contributed by atoms with Gasteiger partial charge in [0, 0.05) is 19.1 Å². The van der Waals surface area contributed by atoms with Gasteiger partial charge in [-0.2, -0.15) is 0 Å². The van der Waals surface area contributed by atoms with Crippen molar-refractivity contribution in [3.8, 4) is 0 Å². The largest absolute Gasteiger partial charge is 0.445 e. The van der Waals surface area contributed by atoms with Crippen molar-refractivity contribution in [3.63, 3.8) is 0 Å². The van der Waals surface area contributed by atoms with E-state index in [0.717, 1.165) is 5.56 Å². The first kappa shape index (κ1) is 20.5. The summed E-state index contributed by atoms with van der Waals surface area (Å²) in [6.07, 6.45) is 0.649. The van der Waals surface area contributed by atoms with E-state index in [-0.39, 0.29) is 37.0 Å². The maximum atomic E-state index is 12.8. The Morgan fingerprint density at radius 1 is 1.18 bits per heavy atom. The summed E-state index contributed by atoms with van der Waals surface area (Å²) >= 11 is 0. The summed E-state index contributed by atoms with van der Waals surface area (Å²) < 4.78 is 11.0. The number of hydrogen-bond acceptors (Lipinski definition) is 5. The monoisotopic (exact) mass is 390 g/mol. The zero-order valence-corrected chi connectivity index (χ0v) is 16.8. The molecule has 0 spiro atoms. The summed E-state index contributed by atoms with van der Waals surface area (Å²) in [5.74, 6) is 0. The van der Waals surface area contributed by atoms with Gasteiger partial charge in [0.25, 0.3) is 0 Å². The van der Waals surface area contributed by atoms with Crippen LogP contribution in [0.25, 0.3) is 0 Å². The van der Waals surface area contributed by atoms with Crippen molar-refractivity contribution in [2.24, 2.45) is 0 Å². The topological polar surface area (TPSA) is 79.3 Å². The van der Waals surface area contributed by atoms with Gasteiger partial charge in [0.2, 0.25) is 0 Å². The highest BCUT2D eigenvalue weighted by molar-refractivity contribution is 5.71. The summed E-state index contributed by atoms with van der Waals surface area (Å²) in [5.41, 5.74) is 0.343. The van der Waals surface area contributed by atoms with Crippen LogP contribution in [-0.4, -0.2) is 64.0 Å². The van der Waals surface area contributed by atoms with E-state index in [0.29, 0.717) is 32.4 Å². The van der Waals surface area contributed by atoms with Crippen molar-refractivity contribution >= 4 is 12.2 Å². The molecule has 1 saturated carbocycles. The average Bonchev–Trinajstić information content (AvgIpc) is 3.07. The molecule has 28 heavy (non-hydrogen) atoms. The fourth-order valence-corrected chi connectivity index (χ4v) is 3.64. The molecule has 1 atom stereocenters. The van der Waals surface area contributed by atoms with E-state index in [1.54, 1.807) is 9.80 Å². The fourth-order valence-electron chi connectivity index (χ4n) is 3.64. The van der Waals surface area contributed by atoms with Gasteiger partial charge in [-0.05, 0) is 45.6 Å². The maximum absolute atomic E-state index is 12.8. The molecule has 1 heterocycles. The molecule has 3 rings (SSSR count). The van der Waals surface area contributed by atoms with E-state index in [9.17, 15) is 14.7 Å². The Balaban J connectivity index is 1.58. The van der Waals surface area contributed by atoms with Gasteiger partial charge >= 0.3 is 12.2 Å². The molecule has 0 aromatic heterocycles. The molecule has 7 heteroatoms. The third-order valence-corrected chi connectivity index (χ3v) is 5.11. The molecular formula is C21H30N2O5. The van der Waals surface area contributed by atoms with Crippen molar-refractivity contribution in [1.29, 1.82) is 0 Å². The first-order valence-electron chi connectivity index (χ1n) is 9.88. The van der Waals surface area contributed by atoms with Crippen LogP contribution in [0.4, 0.5) is 9.59 Å². The number of rotatable bonds is 4. The summed E-state index contributed by atoms with van der Waals surface area (Å²) in [7, 11) is 0. The number of carbonyl (C=O) groups excluding carboxylic acids is 2. The van der Waals surface area contributed by atoms with Gasteiger partial charge in [0.1, 0.15) is 12.2 Å². The first-order valence-corrected chi connectivity index (χ1v) is 9.88. The molecule has 0 radical (unpaired) electrons. The Morgan fingerprint density at radius 3 is 2.46 bits per heavy atom. The Bertz CT molecular complexity index is 682. The number of likely N-dealkylation sites (tertiary alicyclic amines) is 1. The minimum Gasteiger partial charge on any atom is -0.445 e. The molecule has 2 fully saturated rings. The van der Waals surface area contributed by atoms with Crippen molar-refractivity contribution in [3.05, 3.63) is 35.9 Å². The lowest BCUT2D eigenvalue weighted by Crippen LogP contribution is -2.56. The first-order chi connectivity index (χ1) is 13.2. The molecule has 2 amide bonds. The Kier molecular flexibility index (Phi) is 6.13. The van der Waals surface area contributed by atoms with Crippen LogP contribution >= 0.6 is 0 Å². The van der Waals surface area contributed by atoms with E-state index in [1.165, 1.54) is 0 Å². The highest BCUT2D eigenvalue weighted by Crippen LogP contribution is 2.31. The molecular weight excluding hydrogens is 360 g/mol. The standard InChI is InChI=1S/C21H30N2O5/c1-21(2,3)28-20(26)23(17-11-18(24)12-17)16-9-10-22(13-16)19(25)27-14-15-7-5-4-6-8-15/h4-8,16-18,24H,9-14H2,1-3H3/t16-,17?,18?/m0/s1. The van der Waals surface area contributed by atoms with E-state index < -0.39 is 5.60 Å². The summed E-state index contributed by atoms with van der Waals surface area (Å²) in [6, 6.07) is 9.37. The van der Waals surface area contributed by atoms with Crippen LogP contribution in [0.3, 0.4) is 0 Å². The van der Waals surface area contributed by atoms with Gasteiger partial charge in [-0.1, -0.05) is 30.3 Å². The van der Waals surface area contributed by atoms with Gasteiger partial charge in [-0.3, -0.25) is 0 Å². The molecule has 7 nitrogen and oxygen atoms in total. The fraction of sp³-hybridized carbons (Fsp3) is 0.619.